The van der Waals surface area contributed by atoms with Crippen LogP contribution >= 0.6 is 0 Å². The highest BCUT2D eigenvalue weighted by atomic mass is 32.2. The summed E-state index contributed by atoms with van der Waals surface area (Å²) in [7, 11) is -3.74. The standard InChI is InChI=1S/C28H35N3O4S/c1-3-4-5-8-14-30-18-24-25(19-30)28(24,2)20-10-9-11-21(17-20)29-36(34,35)16-15-31-26(32)22-12-6-7-13-23(22)27(31)33/h6-7,9-13,17,24-25,29H,3-5,8,14-16,18-19H2,1-2H3. The summed E-state index contributed by atoms with van der Waals surface area (Å²) in [6.45, 7) is 7.76. The van der Waals surface area contributed by atoms with Gasteiger partial charge in [0.05, 0.1) is 16.9 Å². The van der Waals surface area contributed by atoms with Gasteiger partial charge in [0, 0.05) is 30.7 Å². The average Bonchev–Trinajstić information content (AvgIpc) is 3.13. The van der Waals surface area contributed by atoms with E-state index in [2.05, 4.69) is 29.5 Å². The fraction of sp³-hybridized carbons (Fsp3) is 0.500. The summed E-state index contributed by atoms with van der Waals surface area (Å²) in [5.74, 6) is -0.00686. The number of likely N-dealkylation sites (tertiary alicyclic amines) is 1. The molecule has 1 saturated heterocycles. The zero-order valence-corrected chi connectivity index (χ0v) is 21.9. The van der Waals surface area contributed by atoms with Crippen LogP contribution in [0.1, 0.15) is 65.8 Å². The highest BCUT2D eigenvalue weighted by Crippen LogP contribution is 2.63. The van der Waals surface area contributed by atoms with Gasteiger partial charge in [0.1, 0.15) is 0 Å². The third-order valence-corrected chi connectivity index (χ3v) is 9.64. The molecule has 2 fully saturated rings. The SMILES string of the molecule is CCCCCCN1CC2C(C1)C2(C)c1cccc(NS(=O)(=O)CCN2C(=O)c3ccccc3C2=O)c1. The first-order valence-electron chi connectivity index (χ1n) is 13.0. The maximum Gasteiger partial charge on any atom is 0.261 e. The molecule has 8 heteroatoms. The lowest BCUT2D eigenvalue weighted by atomic mass is 9.92. The summed E-state index contributed by atoms with van der Waals surface area (Å²) in [6, 6.07) is 14.3. The molecule has 2 unspecified atom stereocenters. The molecule has 1 aliphatic carbocycles. The number of amides is 2. The number of benzene rings is 2. The fourth-order valence-corrected chi connectivity index (χ4v) is 7.15. The van der Waals surface area contributed by atoms with Gasteiger partial charge in [-0.3, -0.25) is 19.2 Å². The highest BCUT2D eigenvalue weighted by Gasteiger charge is 2.65. The number of anilines is 1. The Morgan fingerprint density at radius 3 is 2.22 bits per heavy atom. The number of fused-ring (bicyclic) bond motifs is 2. The maximum atomic E-state index is 12.8. The van der Waals surface area contributed by atoms with Crippen molar-refractivity contribution in [3.05, 3.63) is 65.2 Å². The molecule has 1 saturated carbocycles. The van der Waals surface area contributed by atoms with Crippen molar-refractivity contribution in [3.8, 4) is 0 Å². The minimum atomic E-state index is -3.74. The molecule has 5 rings (SSSR count). The van der Waals surface area contributed by atoms with Crippen LogP contribution in [0.2, 0.25) is 0 Å². The first kappa shape index (κ1) is 25.0. The van der Waals surface area contributed by atoms with Crippen LogP contribution in [0.25, 0.3) is 0 Å². The quantitative estimate of drug-likeness (QED) is 0.364. The zero-order valence-electron chi connectivity index (χ0n) is 21.1. The first-order valence-corrected chi connectivity index (χ1v) is 14.7. The normalized spacial score (nSPS) is 25.2. The smallest absolute Gasteiger partial charge is 0.261 e. The monoisotopic (exact) mass is 509 g/mol. The van der Waals surface area contributed by atoms with Gasteiger partial charge in [-0.25, -0.2) is 8.42 Å². The molecule has 2 amide bonds. The van der Waals surface area contributed by atoms with Gasteiger partial charge in [-0.2, -0.15) is 0 Å². The first-order chi connectivity index (χ1) is 17.2. The molecule has 0 aromatic heterocycles. The van der Waals surface area contributed by atoms with Crippen molar-refractivity contribution in [1.29, 1.82) is 0 Å². The van der Waals surface area contributed by atoms with E-state index >= 15 is 0 Å². The van der Waals surface area contributed by atoms with Gasteiger partial charge < -0.3 is 4.90 Å². The topological polar surface area (TPSA) is 86.8 Å². The van der Waals surface area contributed by atoms with Gasteiger partial charge in [-0.15, -0.1) is 0 Å². The molecule has 1 N–H and O–H groups in total. The number of piperidine rings is 1. The lowest BCUT2D eigenvalue weighted by molar-refractivity contribution is 0.0664. The Hall–Kier alpha value is -2.71. The lowest BCUT2D eigenvalue weighted by Crippen LogP contribution is -2.35. The third kappa shape index (κ3) is 4.57. The number of hydrogen-bond donors (Lipinski definition) is 1. The lowest BCUT2D eigenvalue weighted by Gasteiger charge is -2.25. The second-order valence-corrected chi connectivity index (χ2v) is 12.5. The number of carbonyl (C=O) groups excluding carboxylic acids is 2. The maximum absolute atomic E-state index is 12.8. The van der Waals surface area contributed by atoms with Crippen molar-refractivity contribution in [1.82, 2.24) is 9.80 Å². The van der Waals surface area contributed by atoms with Crippen LogP contribution < -0.4 is 4.72 Å². The van der Waals surface area contributed by atoms with Crippen LogP contribution in [0, 0.1) is 11.8 Å². The Morgan fingerprint density at radius 2 is 1.58 bits per heavy atom. The summed E-state index contributed by atoms with van der Waals surface area (Å²) < 4.78 is 28.3. The van der Waals surface area contributed by atoms with E-state index in [1.807, 2.05) is 12.1 Å². The molecule has 2 atom stereocenters. The van der Waals surface area contributed by atoms with E-state index in [0.717, 1.165) is 18.0 Å². The minimum absolute atomic E-state index is 0.0849. The van der Waals surface area contributed by atoms with Crippen molar-refractivity contribution in [3.63, 3.8) is 0 Å². The molecule has 2 aliphatic heterocycles. The van der Waals surface area contributed by atoms with Crippen LogP contribution in [-0.2, 0) is 15.4 Å². The van der Waals surface area contributed by atoms with E-state index in [4.69, 9.17) is 0 Å². The molecule has 7 nitrogen and oxygen atoms in total. The van der Waals surface area contributed by atoms with Crippen LogP contribution in [0.4, 0.5) is 5.69 Å². The van der Waals surface area contributed by atoms with Crippen molar-refractivity contribution >= 4 is 27.5 Å². The van der Waals surface area contributed by atoms with Crippen molar-refractivity contribution in [2.24, 2.45) is 11.8 Å². The van der Waals surface area contributed by atoms with Gasteiger partial charge in [-0.1, -0.05) is 57.4 Å². The molecular weight excluding hydrogens is 474 g/mol. The van der Waals surface area contributed by atoms with Crippen LogP contribution in [0.5, 0.6) is 0 Å². The molecular formula is C28H35N3O4S. The fourth-order valence-electron chi connectivity index (χ4n) is 6.14. The van der Waals surface area contributed by atoms with Gasteiger partial charge in [-0.05, 0) is 54.6 Å². The van der Waals surface area contributed by atoms with Crippen LogP contribution in [0.3, 0.4) is 0 Å². The van der Waals surface area contributed by atoms with Crippen LogP contribution in [-0.4, -0.2) is 62.0 Å². The average molecular weight is 510 g/mol. The van der Waals surface area contributed by atoms with Crippen molar-refractivity contribution in [2.45, 2.75) is 44.9 Å². The molecule has 192 valence electrons. The number of rotatable bonds is 11. The van der Waals surface area contributed by atoms with Gasteiger partial charge in [0.2, 0.25) is 10.0 Å². The van der Waals surface area contributed by atoms with E-state index in [0.29, 0.717) is 28.7 Å². The highest BCUT2D eigenvalue weighted by molar-refractivity contribution is 7.92. The molecule has 0 radical (unpaired) electrons. The molecule has 0 bridgehead atoms. The Balaban J connectivity index is 1.17. The zero-order chi connectivity index (χ0) is 25.5. The number of nitrogens with one attached hydrogen (secondary N) is 1. The summed E-state index contributed by atoms with van der Waals surface area (Å²) >= 11 is 0. The Labute approximate surface area is 213 Å². The molecule has 36 heavy (non-hydrogen) atoms. The molecule has 3 aliphatic rings. The summed E-state index contributed by atoms with van der Waals surface area (Å²) in [5, 5.41) is 0. The van der Waals surface area contributed by atoms with Gasteiger partial charge >= 0.3 is 0 Å². The van der Waals surface area contributed by atoms with Crippen molar-refractivity contribution in [2.75, 3.05) is 36.7 Å². The molecule has 2 aromatic carbocycles. The number of unbranched alkanes of at least 4 members (excludes halogenated alkanes) is 3. The van der Waals surface area contributed by atoms with E-state index < -0.39 is 21.8 Å². The Kier molecular flexibility index (Phi) is 6.68. The molecule has 2 heterocycles. The second-order valence-electron chi connectivity index (χ2n) is 10.6. The van der Waals surface area contributed by atoms with Gasteiger partial charge in [0.15, 0.2) is 0 Å². The predicted octanol–water partition coefficient (Wildman–Crippen LogP) is 4.12. The summed E-state index contributed by atoms with van der Waals surface area (Å²) in [6.07, 6.45) is 5.13. The van der Waals surface area contributed by atoms with E-state index in [9.17, 15) is 18.0 Å². The number of carbonyl (C=O) groups is 2. The number of nitrogens with zero attached hydrogens (tertiary/aromatic N) is 2. The Morgan fingerprint density at radius 1 is 0.917 bits per heavy atom. The predicted molar refractivity (Wildman–Crippen MR) is 141 cm³/mol. The second kappa shape index (κ2) is 9.63. The number of imide groups is 1. The Bertz CT molecular complexity index is 1230. The van der Waals surface area contributed by atoms with Crippen LogP contribution in [0.15, 0.2) is 48.5 Å². The molecule has 0 spiro atoms. The van der Waals surface area contributed by atoms with E-state index in [1.165, 1.54) is 37.8 Å². The van der Waals surface area contributed by atoms with Gasteiger partial charge in [0.25, 0.3) is 11.8 Å². The largest absolute Gasteiger partial charge is 0.303 e. The van der Waals surface area contributed by atoms with Crippen molar-refractivity contribution < 1.29 is 18.0 Å². The van der Waals surface area contributed by atoms with E-state index in [1.54, 1.807) is 30.3 Å². The van der Waals surface area contributed by atoms with E-state index in [-0.39, 0.29) is 17.7 Å². The third-order valence-electron chi connectivity index (χ3n) is 8.37. The molecule has 2 aromatic rings. The summed E-state index contributed by atoms with van der Waals surface area (Å²) in [4.78, 5) is 28.7. The number of sulfonamides is 1. The number of hydrogen-bond acceptors (Lipinski definition) is 5. The minimum Gasteiger partial charge on any atom is -0.303 e. The summed E-state index contributed by atoms with van der Waals surface area (Å²) in [5.41, 5.74) is 2.43.